The van der Waals surface area contributed by atoms with E-state index in [1.165, 1.54) is 38.5 Å². The van der Waals surface area contributed by atoms with Gasteiger partial charge in [-0.05, 0) is 240 Å². The number of carbonyl (C=O) groups excluding carboxylic acids is 8. The zero-order valence-electron chi connectivity index (χ0n) is 55.5. The second kappa shape index (κ2) is 44.5. The minimum absolute atomic E-state index is 0. The first-order chi connectivity index (χ1) is 39.4. The lowest BCUT2D eigenvalue weighted by molar-refractivity contribution is -0.214. The van der Waals surface area contributed by atoms with Gasteiger partial charge in [0.15, 0.2) is 13.2 Å². The lowest BCUT2D eigenvalue weighted by Gasteiger charge is -2.60. The van der Waals surface area contributed by atoms with E-state index in [1.54, 1.807) is 0 Å². The topological polar surface area (TPSA) is 210 Å². The standard InChI is InChI=1S/C20H32O4.C17H30O4.C16H28O4.C15H26O4.8CH4/c1-5-19(3,4)18(22)23-12-17(21)24-20(6-2)15-8-13-7-14(10-15)11-16(20)9-13;1-5-16(3,4)15(19)20-13-10-14(18)21-17(6-2)11-8-7-9-12-17;1-5-15(3,4)14(18)19-12-9-13(17)20-16(6-2)10-7-8-11-16;1-5-14(3,4)13(17)18-11-12(16)19-15(6-2)9-7-8-10-15;;;;;;;;/h13-16H,5-12H2,1-4H3;5-13H2,1-4H3;5-12H2,1-4H3;5-11H2,1-4H3;8*1H4. The van der Waals surface area contributed by atoms with Crippen molar-refractivity contribution in [2.45, 2.75) is 372 Å². The summed E-state index contributed by atoms with van der Waals surface area (Å²) in [6.45, 7) is 30.4. The number of esters is 8. The molecule has 0 aromatic heterocycles. The van der Waals surface area contributed by atoms with E-state index in [-0.39, 0.29) is 163 Å². The Hall–Kier alpha value is -4.24. The summed E-state index contributed by atoms with van der Waals surface area (Å²) >= 11 is 0. The highest BCUT2D eigenvalue weighted by Crippen LogP contribution is 2.60. The zero-order valence-corrected chi connectivity index (χ0v) is 55.5. The zero-order chi connectivity index (χ0) is 63.2. The first kappa shape index (κ1) is 98.8. The van der Waals surface area contributed by atoms with Crippen molar-refractivity contribution in [3.05, 3.63) is 0 Å². The molecule has 548 valence electrons. The van der Waals surface area contributed by atoms with Gasteiger partial charge in [0.1, 0.15) is 35.6 Å². The molecule has 0 atom stereocenters. The Morgan fingerprint density at radius 3 is 0.837 bits per heavy atom. The van der Waals surface area contributed by atoms with E-state index >= 15 is 0 Å². The fourth-order valence-electron chi connectivity index (χ4n) is 12.8. The van der Waals surface area contributed by atoms with Crippen LogP contribution in [0.5, 0.6) is 0 Å². The maximum Gasteiger partial charge on any atom is 0.344 e. The summed E-state index contributed by atoms with van der Waals surface area (Å²) in [5, 5.41) is 0. The predicted octanol–water partition coefficient (Wildman–Crippen LogP) is 20.1. The molecule has 0 aromatic rings. The average Bonchev–Trinajstić information content (AvgIpc) is 0.874. The van der Waals surface area contributed by atoms with Gasteiger partial charge in [0.2, 0.25) is 0 Å². The van der Waals surface area contributed by atoms with Gasteiger partial charge in [0.05, 0.1) is 34.5 Å². The van der Waals surface area contributed by atoms with Crippen molar-refractivity contribution in [2.75, 3.05) is 26.4 Å². The van der Waals surface area contributed by atoms with Crippen molar-refractivity contribution in [1.29, 1.82) is 0 Å². The lowest BCUT2D eigenvalue weighted by atomic mass is 9.49. The quantitative estimate of drug-likeness (QED) is 0.0582. The molecule has 7 fully saturated rings. The number of hydrogen-bond acceptors (Lipinski definition) is 16. The summed E-state index contributed by atoms with van der Waals surface area (Å²) in [7, 11) is 0. The van der Waals surface area contributed by atoms with Gasteiger partial charge in [0.25, 0.3) is 0 Å². The smallest absolute Gasteiger partial charge is 0.344 e. The van der Waals surface area contributed by atoms with Crippen LogP contribution in [0.1, 0.15) is 350 Å². The molecule has 7 aliphatic rings. The molecule has 0 spiro atoms. The van der Waals surface area contributed by atoms with E-state index in [0.717, 1.165) is 127 Å². The lowest BCUT2D eigenvalue weighted by Crippen LogP contribution is -2.59. The molecule has 7 saturated carbocycles. The summed E-state index contributed by atoms with van der Waals surface area (Å²) in [6, 6.07) is 0. The third-order valence-electron chi connectivity index (χ3n) is 20.6. The van der Waals surface area contributed by atoms with Crippen LogP contribution in [0.3, 0.4) is 0 Å². The maximum atomic E-state index is 12.4. The highest BCUT2D eigenvalue weighted by Gasteiger charge is 2.58. The van der Waals surface area contributed by atoms with Crippen LogP contribution in [0.4, 0.5) is 0 Å². The Morgan fingerprint density at radius 1 is 0.326 bits per heavy atom. The Bertz CT molecular complexity index is 2090. The molecule has 0 amide bonds. The highest BCUT2D eigenvalue weighted by atomic mass is 16.6. The van der Waals surface area contributed by atoms with Crippen LogP contribution >= 0.6 is 0 Å². The summed E-state index contributed by atoms with van der Waals surface area (Å²) in [6.07, 6.45) is 26.3. The molecule has 7 aliphatic carbocycles. The third kappa shape index (κ3) is 29.0. The molecule has 0 aliphatic heterocycles. The molecule has 0 unspecified atom stereocenters. The molecule has 16 nitrogen and oxygen atoms in total. The molecule has 0 saturated heterocycles. The summed E-state index contributed by atoms with van der Waals surface area (Å²) < 4.78 is 43.5. The third-order valence-corrected chi connectivity index (χ3v) is 20.6. The summed E-state index contributed by atoms with van der Waals surface area (Å²) in [5.74, 6) is 0.227. The molecule has 92 heavy (non-hydrogen) atoms. The fraction of sp³-hybridized carbons (Fsp3) is 0.895. The van der Waals surface area contributed by atoms with Crippen LogP contribution in [-0.2, 0) is 76.3 Å². The Morgan fingerprint density at radius 2 is 0.576 bits per heavy atom. The Balaban J connectivity index is -0.000000261. The summed E-state index contributed by atoms with van der Waals surface area (Å²) in [4.78, 5) is 95.4. The number of rotatable bonds is 26. The van der Waals surface area contributed by atoms with E-state index in [9.17, 15) is 38.4 Å². The number of carbonyl (C=O) groups is 8. The van der Waals surface area contributed by atoms with Gasteiger partial charge in [-0.25, -0.2) is 9.59 Å². The van der Waals surface area contributed by atoms with Gasteiger partial charge in [-0.3, -0.25) is 28.8 Å². The molecule has 0 heterocycles. The van der Waals surface area contributed by atoms with Crippen molar-refractivity contribution >= 4 is 47.8 Å². The van der Waals surface area contributed by atoms with Gasteiger partial charge in [-0.1, -0.05) is 121 Å². The van der Waals surface area contributed by atoms with Crippen molar-refractivity contribution in [1.82, 2.24) is 0 Å². The van der Waals surface area contributed by atoms with Gasteiger partial charge in [0, 0.05) is 0 Å². The van der Waals surface area contributed by atoms with Crippen LogP contribution in [0.2, 0.25) is 0 Å². The van der Waals surface area contributed by atoms with Crippen LogP contribution < -0.4 is 0 Å². The Kier molecular flexibility index (Phi) is 47.8. The van der Waals surface area contributed by atoms with E-state index in [0.29, 0.717) is 24.7 Å². The van der Waals surface area contributed by atoms with Gasteiger partial charge in [-0.2, -0.15) is 0 Å². The molecular formula is C76H148O16. The molecule has 4 bridgehead atoms. The molecule has 7 rings (SSSR count). The fourth-order valence-corrected chi connectivity index (χ4v) is 12.8. The Labute approximate surface area is 565 Å². The van der Waals surface area contributed by atoms with Crippen LogP contribution in [0.25, 0.3) is 0 Å². The second-order valence-electron chi connectivity index (χ2n) is 28.0. The SMILES string of the molecule is C.C.C.C.C.C.C.C.CCC(C)(C)C(=O)OCC(=O)OC1(CC)C2CC3CC(C2)CC1C3.CCC1(OC(=O)CCOC(=O)C(C)(C)CC)CCCC1.CCC1(OC(=O)CCOC(=O)C(C)(C)CC)CCCCC1.CCC1(OC(=O)COC(=O)C(C)(C)CC)CCCC1. The number of hydrogen-bond donors (Lipinski definition) is 0. The molecule has 0 aromatic carbocycles. The van der Waals surface area contributed by atoms with E-state index < -0.39 is 27.6 Å². The predicted molar refractivity (Wildman–Crippen MR) is 377 cm³/mol. The van der Waals surface area contributed by atoms with Gasteiger partial charge < -0.3 is 37.9 Å². The van der Waals surface area contributed by atoms with Gasteiger partial charge in [-0.15, -0.1) is 0 Å². The second-order valence-corrected chi connectivity index (χ2v) is 28.0. The largest absolute Gasteiger partial charge is 0.465 e. The van der Waals surface area contributed by atoms with Crippen molar-refractivity contribution < 1.29 is 76.3 Å². The molecular weight excluding hydrogens is 1170 g/mol. The number of ether oxygens (including phenoxy) is 8. The molecule has 0 radical (unpaired) electrons. The van der Waals surface area contributed by atoms with Crippen molar-refractivity contribution in [3.63, 3.8) is 0 Å². The van der Waals surface area contributed by atoms with Crippen LogP contribution in [0, 0.1) is 45.3 Å². The monoisotopic (exact) mass is 1320 g/mol. The van der Waals surface area contributed by atoms with Crippen molar-refractivity contribution in [3.8, 4) is 0 Å². The van der Waals surface area contributed by atoms with Gasteiger partial charge >= 0.3 is 47.8 Å². The first-order valence-corrected chi connectivity index (χ1v) is 32.9. The summed E-state index contributed by atoms with van der Waals surface area (Å²) in [5.41, 5.74) is -3.23. The average molecular weight is 1320 g/mol. The van der Waals surface area contributed by atoms with E-state index in [1.807, 2.05) is 90.0 Å². The minimum Gasteiger partial charge on any atom is -0.465 e. The van der Waals surface area contributed by atoms with E-state index in [2.05, 4.69) is 20.8 Å². The van der Waals surface area contributed by atoms with Crippen molar-refractivity contribution in [2.24, 2.45) is 45.3 Å². The first-order valence-electron chi connectivity index (χ1n) is 32.9. The van der Waals surface area contributed by atoms with Crippen LogP contribution in [0.15, 0.2) is 0 Å². The highest BCUT2D eigenvalue weighted by molar-refractivity contribution is 5.81. The van der Waals surface area contributed by atoms with Crippen LogP contribution in [-0.4, -0.2) is 96.6 Å². The normalized spacial score (nSPS) is 21.5. The van der Waals surface area contributed by atoms with E-state index in [4.69, 9.17) is 37.9 Å². The minimum atomic E-state index is -0.550. The molecule has 16 heteroatoms. The molecule has 0 N–H and O–H groups in total. The maximum absolute atomic E-state index is 12.4.